The van der Waals surface area contributed by atoms with Crippen molar-refractivity contribution in [1.82, 2.24) is 19.9 Å². The van der Waals surface area contributed by atoms with Crippen LogP contribution in [0.2, 0.25) is 0 Å². The highest BCUT2D eigenvalue weighted by atomic mass is 31.2. The fourth-order valence-corrected chi connectivity index (χ4v) is 1.29. The summed E-state index contributed by atoms with van der Waals surface area (Å²) in [5, 5.41) is 1.85. The van der Waals surface area contributed by atoms with Crippen molar-refractivity contribution in [1.29, 1.82) is 0 Å². The molecule has 0 unspecified atom stereocenters. The van der Waals surface area contributed by atoms with Crippen LogP contribution in [0.1, 0.15) is 0 Å². The molecule has 0 aliphatic heterocycles. The standard InChI is InChI=1S/C5H6N5O3P/c11-14(12,13)10-5-6-1-3-4(9-5)8-2-7-3/h1-2H,(H4,6,7,8,9,10,11,12,13). The van der Waals surface area contributed by atoms with E-state index in [4.69, 9.17) is 9.79 Å². The Morgan fingerprint density at radius 2 is 2.21 bits per heavy atom. The maximum Gasteiger partial charge on any atom is 0.429 e. The Morgan fingerprint density at radius 1 is 1.43 bits per heavy atom. The molecule has 0 amide bonds. The van der Waals surface area contributed by atoms with Crippen molar-refractivity contribution in [3.8, 4) is 0 Å². The molecule has 0 fully saturated rings. The van der Waals surface area contributed by atoms with Crippen molar-refractivity contribution in [2.45, 2.75) is 0 Å². The SMILES string of the molecule is O=P(O)(O)Nc1ncc2[nH]cnc2n1. The average molecular weight is 215 g/mol. The second kappa shape index (κ2) is 3.02. The van der Waals surface area contributed by atoms with E-state index in [2.05, 4.69) is 19.9 Å². The number of aromatic amines is 1. The molecular weight excluding hydrogens is 209 g/mol. The third-order valence-electron chi connectivity index (χ3n) is 1.42. The summed E-state index contributed by atoms with van der Waals surface area (Å²) in [5.74, 6) is -0.155. The van der Waals surface area contributed by atoms with Crippen LogP contribution >= 0.6 is 7.75 Å². The fraction of sp³-hybridized carbons (Fsp3) is 0. The zero-order chi connectivity index (χ0) is 10.2. The van der Waals surface area contributed by atoms with E-state index in [1.54, 1.807) is 0 Å². The van der Waals surface area contributed by atoms with Crippen molar-refractivity contribution in [2.75, 3.05) is 5.09 Å². The molecule has 4 N–H and O–H groups in total. The Kier molecular flexibility index (Phi) is 1.95. The van der Waals surface area contributed by atoms with E-state index in [1.807, 2.05) is 5.09 Å². The molecule has 14 heavy (non-hydrogen) atoms. The molecule has 0 radical (unpaired) electrons. The van der Waals surface area contributed by atoms with Gasteiger partial charge in [-0.15, -0.1) is 0 Å². The third kappa shape index (κ3) is 1.87. The summed E-state index contributed by atoms with van der Waals surface area (Å²) in [4.78, 5) is 31.2. The van der Waals surface area contributed by atoms with Crippen molar-refractivity contribution in [2.24, 2.45) is 0 Å². The second-order valence-electron chi connectivity index (χ2n) is 2.49. The second-order valence-corrected chi connectivity index (χ2v) is 3.80. The normalized spacial score (nSPS) is 11.9. The predicted molar refractivity (Wildman–Crippen MR) is 47.4 cm³/mol. The van der Waals surface area contributed by atoms with Crippen molar-refractivity contribution >= 4 is 24.9 Å². The van der Waals surface area contributed by atoms with Crippen LogP contribution in [0.3, 0.4) is 0 Å². The minimum Gasteiger partial charge on any atom is -0.342 e. The molecule has 8 nitrogen and oxygen atoms in total. The van der Waals surface area contributed by atoms with E-state index in [0.29, 0.717) is 11.2 Å². The molecule has 0 saturated heterocycles. The van der Waals surface area contributed by atoms with Crippen LogP contribution in [-0.2, 0) is 4.57 Å². The summed E-state index contributed by atoms with van der Waals surface area (Å²) >= 11 is 0. The number of aromatic nitrogens is 4. The van der Waals surface area contributed by atoms with Gasteiger partial charge in [-0.25, -0.2) is 14.5 Å². The number of nitrogens with one attached hydrogen (secondary N) is 2. The van der Waals surface area contributed by atoms with Gasteiger partial charge in [-0.05, 0) is 0 Å². The van der Waals surface area contributed by atoms with Crippen LogP contribution in [0.25, 0.3) is 11.2 Å². The van der Waals surface area contributed by atoms with Crippen LogP contribution in [0.4, 0.5) is 5.95 Å². The van der Waals surface area contributed by atoms with Gasteiger partial charge in [-0.2, -0.15) is 4.98 Å². The predicted octanol–water partition coefficient (Wildman–Crippen LogP) is -0.143. The van der Waals surface area contributed by atoms with Gasteiger partial charge in [0.25, 0.3) is 0 Å². The van der Waals surface area contributed by atoms with E-state index in [0.717, 1.165) is 0 Å². The lowest BCUT2D eigenvalue weighted by Gasteiger charge is -2.04. The summed E-state index contributed by atoms with van der Waals surface area (Å²) in [6, 6.07) is 0. The molecule has 0 bridgehead atoms. The van der Waals surface area contributed by atoms with Crippen LogP contribution in [0.15, 0.2) is 12.5 Å². The third-order valence-corrected chi connectivity index (χ3v) is 1.91. The maximum atomic E-state index is 10.6. The number of imidazole rings is 1. The quantitative estimate of drug-likeness (QED) is 0.513. The van der Waals surface area contributed by atoms with E-state index in [9.17, 15) is 4.57 Å². The first-order chi connectivity index (χ1) is 6.54. The molecular formula is C5H6N5O3P. The molecule has 9 heteroatoms. The van der Waals surface area contributed by atoms with Gasteiger partial charge in [0.15, 0.2) is 5.65 Å². The highest BCUT2D eigenvalue weighted by Gasteiger charge is 2.14. The Hall–Kier alpha value is -1.50. The number of hydrogen-bond donors (Lipinski definition) is 4. The molecule has 0 aliphatic rings. The molecule has 2 rings (SSSR count). The Labute approximate surface area is 77.6 Å². The summed E-state index contributed by atoms with van der Waals surface area (Å²) in [7, 11) is -4.36. The Balaban J connectivity index is 2.39. The van der Waals surface area contributed by atoms with E-state index in [1.165, 1.54) is 12.5 Å². The lowest BCUT2D eigenvalue weighted by atomic mass is 10.6. The largest absolute Gasteiger partial charge is 0.429 e. The van der Waals surface area contributed by atoms with Crippen molar-refractivity contribution in [3.63, 3.8) is 0 Å². The molecule has 0 aromatic carbocycles. The van der Waals surface area contributed by atoms with Crippen molar-refractivity contribution < 1.29 is 14.4 Å². The number of nitrogens with zero attached hydrogens (tertiary/aromatic N) is 3. The van der Waals surface area contributed by atoms with Crippen LogP contribution in [0, 0.1) is 0 Å². The number of fused-ring (bicyclic) bond motifs is 1. The lowest BCUT2D eigenvalue weighted by molar-refractivity contribution is 0.380. The maximum absolute atomic E-state index is 10.6. The highest BCUT2D eigenvalue weighted by molar-refractivity contribution is 7.53. The van der Waals surface area contributed by atoms with Gasteiger partial charge >= 0.3 is 7.75 Å². The average Bonchev–Trinajstić information content (AvgIpc) is 2.47. The first kappa shape index (κ1) is 9.07. The van der Waals surface area contributed by atoms with Crippen LogP contribution < -0.4 is 5.09 Å². The van der Waals surface area contributed by atoms with Crippen LogP contribution in [-0.4, -0.2) is 29.7 Å². The topological polar surface area (TPSA) is 124 Å². The van der Waals surface area contributed by atoms with Gasteiger partial charge < -0.3 is 14.8 Å². The van der Waals surface area contributed by atoms with Gasteiger partial charge in [-0.1, -0.05) is 0 Å². The van der Waals surface area contributed by atoms with Gasteiger partial charge in [-0.3, -0.25) is 5.09 Å². The van der Waals surface area contributed by atoms with Gasteiger partial charge in [0.1, 0.15) is 5.52 Å². The molecule has 2 aromatic heterocycles. The van der Waals surface area contributed by atoms with Gasteiger partial charge in [0, 0.05) is 0 Å². The zero-order valence-corrected chi connectivity index (χ0v) is 7.64. The number of rotatable bonds is 2. The van der Waals surface area contributed by atoms with E-state index < -0.39 is 7.75 Å². The zero-order valence-electron chi connectivity index (χ0n) is 6.75. The molecule has 2 heterocycles. The molecule has 0 saturated carbocycles. The number of anilines is 1. The molecule has 0 atom stereocenters. The first-order valence-corrected chi connectivity index (χ1v) is 5.16. The Bertz CT molecular complexity index is 505. The highest BCUT2D eigenvalue weighted by Crippen LogP contribution is 2.33. The summed E-state index contributed by atoms with van der Waals surface area (Å²) in [5.41, 5.74) is 0.942. The first-order valence-electron chi connectivity index (χ1n) is 3.54. The van der Waals surface area contributed by atoms with Crippen molar-refractivity contribution in [3.05, 3.63) is 12.5 Å². The van der Waals surface area contributed by atoms with E-state index in [-0.39, 0.29) is 5.95 Å². The lowest BCUT2D eigenvalue weighted by Crippen LogP contribution is -1.99. The summed E-state index contributed by atoms with van der Waals surface area (Å²) in [6.07, 6.45) is 2.80. The number of hydrogen-bond acceptors (Lipinski definition) is 4. The molecule has 0 spiro atoms. The minimum atomic E-state index is -4.36. The van der Waals surface area contributed by atoms with Gasteiger partial charge in [0.2, 0.25) is 5.95 Å². The minimum absolute atomic E-state index is 0.155. The molecule has 74 valence electrons. The van der Waals surface area contributed by atoms with Gasteiger partial charge in [0.05, 0.1) is 12.5 Å². The fourth-order valence-electron chi connectivity index (χ4n) is 0.920. The Morgan fingerprint density at radius 3 is 2.93 bits per heavy atom. The van der Waals surface area contributed by atoms with E-state index >= 15 is 0 Å². The smallest absolute Gasteiger partial charge is 0.342 e. The molecule has 2 aromatic rings. The molecule has 0 aliphatic carbocycles. The van der Waals surface area contributed by atoms with Crippen LogP contribution in [0.5, 0.6) is 0 Å². The summed E-state index contributed by atoms with van der Waals surface area (Å²) in [6.45, 7) is 0. The monoisotopic (exact) mass is 215 g/mol. The summed E-state index contributed by atoms with van der Waals surface area (Å²) < 4.78 is 10.6. The number of H-pyrrole nitrogens is 1.